The van der Waals surface area contributed by atoms with Crippen LogP contribution in [0.2, 0.25) is 38.3 Å². The Bertz CT molecular complexity index is 421. The van der Waals surface area contributed by atoms with Crippen LogP contribution in [0.3, 0.4) is 0 Å². The Morgan fingerprint density at radius 1 is 1.12 bits per heavy atom. The molecule has 0 radical (unpaired) electrons. The molecule has 0 unspecified atom stereocenters. The lowest BCUT2D eigenvalue weighted by Crippen LogP contribution is -2.44. The van der Waals surface area contributed by atoms with Crippen molar-refractivity contribution in [3.63, 3.8) is 0 Å². The molecule has 0 atom stereocenters. The smallest absolute Gasteiger partial charge is 0.276 e. The Hall–Kier alpha value is -0.806. The van der Waals surface area contributed by atoms with Crippen LogP contribution in [0.4, 0.5) is 0 Å². The van der Waals surface area contributed by atoms with Crippen LogP contribution >= 0.6 is 0 Å². The van der Waals surface area contributed by atoms with Gasteiger partial charge in [-0.05, 0) is 30.4 Å². The first-order chi connectivity index (χ1) is 7.89. The van der Waals surface area contributed by atoms with Crippen molar-refractivity contribution in [1.82, 2.24) is 0 Å². The molecule has 0 spiro atoms. The summed E-state index contributed by atoms with van der Waals surface area (Å²) < 4.78 is 6.36. The minimum atomic E-state index is -1.75. The second-order valence-electron chi connectivity index (χ2n) is 6.19. The highest BCUT2D eigenvalue weighted by molar-refractivity contribution is 6.85. The first-order valence-electron chi connectivity index (χ1n) is 6.33. The fourth-order valence-corrected chi connectivity index (χ4v) is 6.46. The highest BCUT2D eigenvalue weighted by Gasteiger charge is 2.33. The largest absolute Gasteiger partial charge is 0.543 e. The van der Waals surface area contributed by atoms with Crippen molar-refractivity contribution in [2.75, 3.05) is 0 Å². The topological polar surface area (TPSA) is 9.23 Å². The first kappa shape index (κ1) is 12.6. The fraction of sp³-hybridized carbons (Fsp3) is 0.429. The Morgan fingerprint density at radius 2 is 1.76 bits per heavy atom. The van der Waals surface area contributed by atoms with Gasteiger partial charge < -0.3 is 4.43 Å². The van der Waals surface area contributed by atoms with E-state index in [0.717, 1.165) is 0 Å². The molecule has 0 N–H and O–H groups in total. The molecule has 0 aliphatic carbocycles. The van der Waals surface area contributed by atoms with Crippen LogP contribution in [0.1, 0.15) is 0 Å². The normalized spacial score (nSPS) is 18.9. The summed E-state index contributed by atoms with van der Waals surface area (Å²) in [5, 5.41) is 1.38. The van der Waals surface area contributed by atoms with E-state index in [-0.39, 0.29) is 0 Å². The SMILES string of the molecule is C[Si]1(C)CC=C(O[Si](C)(C)c2ccccc2)C1. The van der Waals surface area contributed by atoms with Crippen LogP contribution in [0.15, 0.2) is 42.2 Å². The molecular formula is C14H22OSi2. The van der Waals surface area contributed by atoms with E-state index in [0.29, 0.717) is 0 Å². The maximum absolute atomic E-state index is 6.36. The fourth-order valence-electron chi connectivity index (χ4n) is 2.31. The predicted molar refractivity (Wildman–Crippen MR) is 79.8 cm³/mol. The molecule has 17 heavy (non-hydrogen) atoms. The van der Waals surface area contributed by atoms with E-state index in [9.17, 15) is 0 Å². The van der Waals surface area contributed by atoms with Gasteiger partial charge in [-0.2, -0.15) is 0 Å². The number of hydrogen-bond donors (Lipinski definition) is 0. The van der Waals surface area contributed by atoms with Crippen LogP contribution in [0, 0.1) is 0 Å². The minimum absolute atomic E-state index is 0.999. The summed E-state index contributed by atoms with van der Waals surface area (Å²) in [5.74, 6) is 1.27. The number of allylic oxidation sites excluding steroid dienone is 2. The number of rotatable bonds is 3. The van der Waals surface area contributed by atoms with Crippen molar-refractivity contribution in [3.8, 4) is 0 Å². The molecule has 1 aliphatic rings. The molecule has 0 saturated carbocycles. The van der Waals surface area contributed by atoms with Gasteiger partial charge in [-0.15, -0.1) is 0 Å². The molecule has 1 aromatic rings. The van der Waals surface area contributed by atoms with Gasteiger partial charge in [0.25, 0.3) is 8.32 Å². The summed E-state index contributed by atoms with van der Waals surface area (Å²) in [7, 11) is -2.75. The second kappa shape index (κ2) is 4.46. The molecule has 3 heteroatoms. The summed E-state index contributed by atoms with van der Waals surface area (Å²) in [6.45, 7) is 9.46. The van der Waals surface area contributed by atoms with E-state index < -0.39 is 16.4 Å². The van der Waals surface area contributed by atoms with E-state index in [1.165, 1.54) is 23.0 Å². The molecule has 1 aromatic carbocycles. The molecule has 92 valence electrons. The van der Waals surface area contributed by atoms with Crippen molar-refractivity contribution in [1.29, 1.82) is 0 Å². The molecule has 1 aliphatic heterocycles. The second-order valence-corrected chi connectivity index (χ2v) is 15.1. The van der Waals surface area contributed by atoms with E-state index >= 15 is 0 Å². The van der Waals surface area contributed by atoms with Crippen LogP contribution < -0.4 is 5.19 Å². The average Bonchev–Trinajstić information content (AvgIpc) is 2.58. The molecular weight excluding hydrogens is 240 g/mol. The van der Waals surface area contributed by atoms with E-state index in [1.807, 2.05) is 0 Å². The van der Waals surface area contributed by atoms with Gasteiger partial charge in [-0.1, -0.05) is 49.5 Å². The van der Waals surface area contributed by atoms with Crippen LogP contribution in [-0.2, 0) is 4.43 Å². The third-order valence-electron chi connectivity index (χ3n) is 3.39. The van der Waals surface area contributed by atoms with Crippen molar-refractivity contribution < 1.29 is 4.43 Å². The Labute approximate surface area is 107 Å². The predicted octanol–water partition coefficient (Wildman–Crippen LogP) is 3.72. The molecule has 0 saturated heterocycles. The van der Waals surface area contributed by atoms with E-state index in [1.54, 1.807) is 0 Å². The zero-order chi connectivity index (χ0) is 12.5. The molecule has 0 bridgehead atoms. The lowest BCUT2D eigenvalue weighted by Gasteiger charge is -2.26. The van der Waals surface area contributed by atoms with Gasteiger partial charge in [0.2, 0.25) is 0 Å². The zero-order valence-electron chi connectivity index (χ0n) is 11.3. The third-order valence-corrected chi connectivity index (χ3v) is 8.50. The van der Waals surface area contributed by atoms with Gasteiger partial charge in [0, 0.05) is 0 Å². The first-order valence-corrected chi connectivity index (χ1v) is 12.6. The Morgan fingerprint density at radius 3 is 2.29 bits per heavy atom. The van der Waals surface area contributed by atoms with E-state index in [2.05, 4.69) is 62.6 Å². The van der Waals surface area contributed by atoms with Gasteiger partial charge in [0.15, 0.2) is 0 Å². The number of benzene rings is 1. The summed E-state index contributed by atoms with van der Waals surface area (Å²) in [4.78, 5) is 0. The van der Waals surface area contributed by atoms with Crippen molar-refractivity contribution in [2.24, 2.45) is 0 Å². The standard InChI is InChI=1S/C14H22OSi2/c1-16(2)11-10-13(12-16)15-17(3,4)14-8-6-5-7-9-14/h5-10H,11-12H2,1-4H3. The molecule has 0 amide bonds. The third kappa shape index (κ3) is 3.10. The van der Waals surface area contributed by atoms with Crippen LogP contribution in [0.5, 0.6) is 0 Å². The Kier molecular flexibility index (Phi) is 3.32. The number of hydrogen-bond acceptors (Lipinski definition) is 1. The summed E-state index contributed by atoms with van der Waals surface area (Å²) >= 11 is 0. The molecule has 1 nitrogen and oxygen atoms in total. The Balaban J connectivity index is 2.09. The van der Waals surface area contributed by atoms with E-state index in [4.69, 9.17) is 4.43 Å². The monoisotopic (exact) mass is 262 g/mol. The summed E-state index contributed by atoms with van der Waals surface area (Å²) in [6, 6.07) is 13.2. The zero-order valence-corrected chi connectivity index (χ0v) is 13.3. The lowest BCUT2D eigenvalue weighted by molar-refractivity contribution is 0.430. The average molecular weight is 263 g/mol. The highest BCUT2D eigenvalue weighted by Crippen LogP contribution is 2.31. The van der Waals surface area contributed by atoms with Crippen molar-refractivity contribution >= 4 is 21.6 Å². The molecule has 1 heterocycles. The molecule has 0 fully saturated rings. The molecule has 0 aromatic heterocycles. The quantitative estimate of drug-likeness (QED) is 0.754. The van der Waals surface area contributed by atoms with Crippen molar-refractivity contribution in [3.05, 3.63) is 42.2 Å². The van der Waals surface area contributed by atoms with Gasteiger partial charge >= 0.3 is 0 Å². The lowest BCUT2D eigenvalue weighted by atomic mass is 10.4. The minimum Gasteiger partial charge on any atom is -0.543 e. The van der Waals surface area contributed by atoms with Gasteiger partial charge in [-0.3, -0.25) is 0 Å². The maximum atomic E-state index is 6.36. The highest BCUT2D eigenvalue weighted by atomic mass is 28.4. The summed E-state index contributed by atoms with van der Waals surface area (Å²) in [6.07, 6.45) is 2.34. The van der Waals surface area contributed by atoms with Gasteiger partial charge in [0.1, 0.15) is 0 Å². The maximum Gasteiger partial charge on any atom is 0.276 e. The van der Waals surface area contributed by atoms with Crippen LogP contribution in [0.25, 0.3) is 0 Å². The summed E-state index contributed by atoms with van der Waals surface area (Å²) in [5.41, 5.74) is 0. The van der Waals surface area contributed by atoms with Crippen molar-refractivity contribution in [2.45, 2.75) is 38.3 Å². The van der Waals surface area contributed by atoms with Gasteiger partial charge in [-0.25, -0.2) is 0 Å². The van der Waals surface area contributed by atoms with Crippen LogP contribution in [-0.4, -0.2) is 16.4 Å². The molecule has 2 rings (SSSR count). The van der Waals surface area contributed by atoms with Gasteiger partial charge in [0.05, 0.1) is 13.8 Å².